The van der Waals surface area contributed by atoms with Crippen LogP contribution in [0, 0.1) is 0 Å². The van der Waals surface area contributed by atoms with E-state index in [-0.39, 0.29) is 5.88 Å². The first kappa shape index (κ1) is 13.3. The molecule has 0 saturated heterocycles. The molecule has 0 aromatic heterocycles. The molecule has 0 heterocycles. The van der Waals surface area contributed by atoms with Crippen molar-refractivity contribution in [3.8, 4) is 5.75 Å². The minimum Gasteiger partial charge on any atom is -0.494 e. The Labute approximate surface area is 102 Å². The van der Waals surface area contributed by atoms with Gasteiger partial charge < -0.3 is 9.84 Å². The molecule has 0 aliphatic carbocycles. The Kier molecular flexibility index (Phi) is 6.27. The molecule has 0 fully saturated rings. The number of hydrogen-bond donors (Lipinski definition) is 1. The SMILES string of the molecule is CCCCOc1ccc(C[C@@H](O)CCl)cc1. The van der Waals surface area contributed by atoms with Crippen LogP contribution in [-0.2, 0) is 6.42 Å². The number of aliphatic hydroxyl groups excluding tert-OH is 1. The molecule has 0 bridgehead atoms. The van der Waals surface area contributed by atoms with Crippen molar-refractivity contribution in [2.45, 2.75) is 32.3 Å². The lowest BCUT2D eigenvalue weighted by atomic mass is 10.1. The number of benzene rings is 1. The van der Waals surface area contributed by atoms with E-state index in [0.717, 1.165) is 30.8 Å². The minimum atomic E-state index is -0.464. The Morgan fingerprint density at radius 1 is 1.31 bits per heavy atom. The second kappa shape index (κ2) is 7.53. The largest absolute Gasteiger partial charge is 0.494 e. The molecular formula is C13H19ClO2. The van der Waals surface area contributed by atoms with Gasteiger partial charge in [0.2, 0.25) is 0 Å². The zero-order valence-electron chi connectivity index (χ0n) is 9.66. The van der Waals surface area contributed by atoms with E-state index in [1.807, 2.05) is 24.3 Å². The molecule has 0 aliphatic rings. The fraction of sp³-hybridized carbons (Fsp3) is 0.538. The van der Waals surface area contributed by atoms with E-state index in [9.17, 15) is 5.11 Å². The third-order valence-corrected chi connectivity index (χ3v) is 2.70. The summed E-state index contributed by atoms with van der Waals surface area (Å²) in [5.74, 6) is 1.16. The minimum absolute atomic E-state index is 0.273. The van der Waals surface area contributed by atoms with Crippen molar-refractivity contribution < 1.29 is 9.84 Å². The van der Waals surface area contributed by atoms with Crippen molar-refractivity contribution in [1.82, 2.24) is 0 Å². The van der Waals surface area contributed by atoms with Gasteiger partial charge in [-0.2, -0.15) is 0 Å². The van der Waals surface area contributed by atoms with Crippen LogP contribution in [0.4, 0.5) is 0 Å². The topological polar surface area (TPSA) is 29.5 Å². The molecule has 1 aromatic carbocycles. The smallest absolute Gasteiger partial charge is 0.119 e. The van der Waals surface area contributed by atoms with Gasteiger partial charge in [0.15, 0.2) is 0 Å². The fourth-order valence-electron chi connectivity index (χ4n) is 1.38. The van der Waals surface area contributed by atoms with Crippen LogP contribution in [-0.4, -0.2) is 23.7 Å². The molecule has 0 amide bonds. The van der Waals surface area contributed by atoms with Crippen molar-refractivity contribution in [2.75, 3.05) is 12.5 Å². The molecular weight excluding hydrogens is 224 g/mol. The molecule has 0 spiro atoms. The standard InChI is InChI=1S/C13H19ClO2/c1-2-3-8-16-13-6-4-11(5-7-13)9-12(15)10-14/h4-7,12,15H,2-3,8-10H2,1H3/t12-/m1/s1. The summed E-state index contributed by atoms with van der Waals surface area (Å²) in [7, 11) is 0. The second-order valence-electron chi connectivity index (χ2n) is 3.86. The molecule has 3 heteroatoms. The Morgan fingerprint density at radius 2 is 2.00 bits per heavy atom. The average Bonchev–Trinajstić information content (AvgIpc) is 2.31. The van der Waals surface area contributed by atoms with E-state index in [1.165, 1.54) is 0 Å². The van der Waals surface area contributed by atoms with Gasteiger partial charge in [0.1, 0.15) is 5.75 Å². The number of unbranched alkanes of at least 4 members (excludes halogenated alkanes) is 1. The Bertz CT molecular complexity index is 284. The van der Waals surface area contributed by atoms with Crippen LogP contribution in [0.25, 0.3) is 0 Å². The molecule has 1 aromatic rings. The van der Waals surface area contributed by atoms with Crippen molar-refractivity contribution in [2.24, 2.45) is 0 Å². The molecule has 1 atom stereocenters. The van der Waals surface area contributed by atoms with Crippen molar-refractivity contribution >= 4 is 11.6 Å². The van der Waals surface area contributed by atoms with Crippen molar-refractivity contribution in [3.63, 3.8) is 0 Å². The molecule has 0 radical (unpaired) electrons. The number of alkyl halides is 1. The van der Waals surface area contributed by atoms with Crippen LogP contribution >= 0.6 is 11.6 Å². The molecule has 0 saturated carbocycles. The van der Waals surface area contributed by atoms with E-state index < -0.39 is 6.10 Å². The predicted molar refractivity (Wildman–Crippen MR) is 67.3 cm³/mol. The lowest BCUT2D eigenvalue weighted by Crippen LogP contribution is -2.11. The molecule has 1 rings (SSSR count). The van der Waals surface area contributed by atoms with Gasteiger partial charge in [-0.05, 0) is 30.5 Å². The first-order valence-corrected chi connectivity index (χ1v) is 6.25. The Hall–Kier alpha value is -0.730. The highest BCUT2D eigenvalue weighted by Crippen LogP contribution is 2.14. The highest BCUT2D eigenvalue weighted by atomic mass is 35.5. The highest BCUT2D eigenvalue weighted by Gasteiger charge is 2.03. The normalized spacial score (nSPS) is 12.4. The van der Waals surface area contributed by atoms with Gasteiger partial charge in [-0.15, -0.1) is 11.6 Å². The summed E-state index contributed by atoms with van der Waals surface area (Å²) < 4.78 is 5.54. The first-order chi connectivity index (χ1) is 7.76. The number of rotatable bonds is 7. The monoisotopic (exact) mass is 242 g/mol. The van der Waals surface area contributed by atoms with Gasteiger partial charge in [0.05, 0.1) is 12.7 Å². The van der Waals surface area contributed by atoms with Gasteiger partial charge in [-0.25, -0.2) is 0 Å². The van der Waals surface area contributed by atoms with E-state index in [2.05, 4.69) is 6.92 Å². The van der Waals surface area contributed by atoms with Crippen LogP contribution in [0.5, 0.6) is 5.75 Å². The fourth-order valence-corrected chi connectivity index (χ4v) is 1.49. The lowest BCUT2D eigenvalue weighted by Gasteiger charge is -2.08. The zero-order valence-corrected chi connectivity index (χ0v) is 10.4. The van der Waals surface area contributed by atoms with Crippen LogP contribution in [0.2, 0.25) is 0 Å². The summed E-state index contributed by atoms with van der Waals surface area (Å²) in [5.41, 5.74) is 1.08. The highest BCUT2D eigenvalue weighted by molar-refractivity contribution is 6.18. The van der Waals surface area contributed by atoms with Gasteiger partial charge in [-0.1, -0.05) is 25.5 Å². The summed E-state index contributed by atoms with van der Waals surface area (Å²) >= 11 is 5.54. The molecule has 2 nitrogen and oxygen atoms in total. The predicted octanol–water partition coefficient (Wildman–Crippen LogP) is 3.01. The van der Waals surface area contributed by atoms with Crippen LogP contribution in [0.3, 0.4) is 0 Å². The maximum absolute atomic E-state index is 9.39. The van der Waals surface area contributed by atoms with Gasteiger partial charge in [0, 0.05) is 5.88 Å². The van der Waals surface area contributed by atoms with Gasteiger partial charge in [-0.3, -0.25) is 0 Å². The molecule has 0 unspecified atom stereocenters. The summed E-state index contributed by atoms with van der Waals surface area (Å²) in [6, 6.07) is 7.81. The summed E-state index contributed by atoms with van der Waals surface area (Å²) in [4.78, 5) is 0. The number of ether oxygens (including phenoxy) is 1. The Balaban J connectivity index is 2.41. The quantitative estimate of drug-likeness (QED) is 0.588. The third-order valence-electron chi connectivity index (χ3n) is 2.34. The van der Waals surface area contributed by atoms with E-state index in [0.29, 0.717) is 6.42 Å². The zero-order chi connectivity index (χ0) is 11.8. The molecule has 16 heavy (non-hydrogen) atoms. The van der Waals surface area contributed by atoms with E-state index >= 15 is 0 Å². The maximum Gasteiger partial charge on any atom is 0.119 e. The first-order valence-electron chi connectivity index (χ1n) is 5.72. The summed E-state index contributed by atoms with van der Waals surface area (Å²) in [5, 5.41) is 9.39. The summed E-state index contributed by atoms with van der Waals surface area (Å²) in [6.07, 6.45) is 2.35. The maximum atomic E-state index is 9.39. The number of halogens is 1. The number of hydrogen-bond acceptors (Lipinski definition) is 2. The lowest BCUT2D eigenvalue weighted by molar-refractivity contribution is 0.198. The van der Waals surface area contributed by atoms with Crippen molar-refractivity contribution in [3.05, 3.63) is 29.8 Å². The molecule has 0 aliphatic heterocycles. The molecule has 1 N–H and O–H groups in total. The van der Waals surface area contributed by atoms with Crippen LogP contribution in [0.1, 0.15) is 25.3 Å². The van der Waals surface area contributed by atoms with E-state index in [4.69, 9.17) is 16.3 Å². The average molecular weight is 243 g/mol. The second-order valence-corrected chi connectivity index (χ2v) is 4.17. The van der Waals surface area contributed by atoms with Gasteiger partial charge >= 0.3 is 0 Å². The van der Waals surface area contributed by atoms with Crippen LogP contribution < -0.4 is 4.74 Å². The summed E-state index contributed by atoms with van der Waals surface area (Å²) in [6.45, 7) is 2.90. The van der Waals surface area contributed by atoms with Crippen LogP contribution in [0.15, 0.2) is 24.3 Å². The van der Waals surface area contributed by atoms with E-state index in [1.54, 1.807) is 0 Å². The molecule has 90 valence electrons. The number of aliphatic hydroxyl groups is 1. The third kappa shape index (κ3) is 4.86. The van der Waals surface area contributed by atoms with Gasteiger partial charge in [0.25, 0.3) is 0 Å². The van der Waals surface area contributed by atoms with Crippen molar-refractivity contribution in [1.29, 1.82) is 0 Å². The Morgan fingerprint density at radius 3 is 2.56 bits per heavy atom.